The summed E-state index contributed by atoms with van der Waals surface area (Å²) in [6.45, 7) is 6.51. The van der Waals surface area contributed by atoms with Gasteiger partial charge in [0.2, 0.25) is 0 Å². The highest BCUT2D eigenvalue weighted by molar-refractivity contribution is 9.09. The molecule has 100 valence electrons. The van der Waals surface area contributed by atoms with Gasteiger partial charge in [-0.2, -0.15) is 0 Å². The van der Waals surface area contributed by atoms with E-state index in [1.54, 1.807) is 12.1 Å². The predicted molar refractivity (Wildman–Crippen MR) is 75.7 cm³/mol. The standard InChI is InChI=1S/C14H19BrFNO/c1-10-4-5-12(16)11(8-10)13(18)17-9-14(2,3)6-7-15/h4-5,8H,6-7,9H2,1-3H3,(H,17,18). The van der Waals surface area contributed by atoms with Gasteiger partial charge >= 0.3 is 0 Å². The summed E-state index contributed by atoms with van der Waals surface area (Å²) in [6, 6.07) is 4.55. The van der Waals surface area contributed by atoms with Crippen LogP contribution in [0.15, 0.2) is 18.2 Å². The Kier molecular flexibility index (Phi) is 5.32. The van der Waals surface area contributed by atoms with E-state index in [1.807, 2.05) is 6.92 Å². The van der Waals surface area contributed by atoms with Gasteiger partial charge in [-0.05, 0) is 30.9 Å². The molecule has 0 aliphatic heterocycles. The van der Waals surface area contributed by atoms with Crippen LogP contribution in [0.2, 0.25) is 0 Å². The molecule has 0 unspecified atom stereocenters. The summed E-state index contributed by atoms with van der Waals surface area (Å²) in [4.78, 5) is 11.9. The predicted octanol–water partition coefficient (Wildman–Crippen LogP) is 3.68. The fourth-order valence-corrected chi connectivity index (χ4v) is 2.65. The number of alkyl halides is 1. The molecule has 0 radical (unpaired) electrons. The van der Waals surface area contributed by atoms with Crippen molar-refractivity contribution >= 4 is 21.8 Å². The molecule has 1 aromatic rings. The molecule has 0 spiro atoms. The largest absolute Gasteiger partial charge is 0.351 e. The van der Waals surface area contributed by atoms with E-state index in [0.717, 1.165) is 17.3 Å². The second-order valence-electron chi connectivity index (χ2n) is 5.27. The van der Waals surface area contributed by atoms with Gasteiger partial charge in [0.15, 0.2) is 0 Å². The van der Waals surface area contributed by atoms with Crippen molar-refractivity contribution in [3.05, 3.63) is 35.1 Å². The number of benzene rings is 1. The van der Waals surface area contributed by atoms with Gasteiger partial charge in [0, 0.05) is 11.9 Å². The molecule has 0 fully saturated rings. The molecule has 2 nitrogen and oxygen atoms in total. The van der Waals surface area contributed by atoms with E-state index >= 15 is 0 Å². The molecule has 0 heterocycles. The number of hydrogen-bond donors (Lipinski definition) is 1. The zero-order valence-corrected chi connectivity index (χ0v) is 12.6. The normalized spacial score (nSPS) is 11.4. The van der Waals surface area contributed by atoms with Crippen LogP contribution in [0.4, 0.5) is 4.39 Å². The van der Waals surface area contributed by atoms with E-state index in [2.05, 4.69) is 35.1 Å². The molecule has 18 heavy (non-hydrogen) atoms. The number of amides is 1. The van der Waals surface area contributed by atoms with Crippen molar-refractivity contribution in [1.82, 2.24) is 5.32 Å². The zero-order chi connectivity index (χ0) is 13.8. The Morgan fingerprint density at radius 3 is 2.72 bits per heavy atom. The van der Waals surface area contributed by atoms with Gasteiger partial charge in [0.05, 0.1) is 5.56 Å². The SMILES string of the molecule is Cc1ccc(F)c(C(=O)NCC(C)(C)CCBr)c1. The van der Waals surface area contributed by atoms with Gasteiger partial charge < -0.3 is 5.32 Å². The van der Waals surface area contributed by atoms with E-state index in [4.69, 9.17) is 0 Å². The number of aryl methyl sites for hydroxylation is 1. The van der Waals surface area contributed by atoms with Crippen LogP contribution in [0.5, 0.6) is 0 Å². The van der Waals surface area contributed by atoms with Crippen LogP contribution in [0.1, 0.15) is 36.2 Å². The molecule has 0 bridgehead atoms. The van der Waals surface area contributed by atoms with Crippen LogP contribution in [-0.2, 0) is 0 Å². The number of hydrogen-bond acceptors (Lipinski definition) is 1. The van der Waals surface area contributed by atoms with Crippen molar-refractivity contribution in [1.29, 1.82) is 0 Å². The molecule has 0 aliphatic rings. The van der Waals surface area contributed by atoms with Crippen molar-refractivity contribution < 1.29 is 9.18 Å². The minimum atomic E-state index is -0.476. The van der Waals surface area contributed by atoms with Gasteiger partial charge in [-0.1, -0.05) is 41.4 Å². The molecule has 0 atom stereocenters. The second-order valence-corrected chi connectivity index (χ2v) is 6.06. The lowest BCUT2D eigenvalue weighted by Gasteiger charge is -2.23. The molecule has 1 rings (SSSR count). The zero-order valence-electron chi connectivity index (χ0n) is 11.0. The van der Waals surface area contributed by atoms with E-state index in [1.165, 1.54) is 6.07 Å². The Labute approximate surface area is 116 Å². The molecular weight excluding hydrogens is 297 g/mol. The summed E-state index contributed by atoms with van der Waals surface area (Å²) in [5.41, 5.74) is 0.991. The maximum Gasteiger partial charge on any atom is 0.254 e. The van der Waals surface area contributed by atoms with Gasteiger partial charge in [-0.25, -0.2) is 4.39 Å². The highest BCUT2D eigenvalue weighted by Crippen LogP contribution is 2.20. The first-order chi connectivity index (χ1) is 8.35. The Morgan fingerprint density at radius 2 is 2.11 bits per heavy atom. The van der Waals surface area contributed by atoms with Gasteiger partial charge in [0.1, 0.15) is 5.82 Å². The summed E-state index contributed by atoms with van der Waals surface area (Å²) in [6.07, 6.45) is 0.948. The van der Waals surface area contributed by atoms with Crippen LogP contribution >= 0.6 is 15.9 Å². The van der Waals surface area contributed by atoms with Gasteiger partial charge in [0.25, 0.3) is 5.91 Å². The highest BCUT2D eigenvalue weighted by Gasteiger charge is 2.19. The maximum absolute atomic E-state index is 13.5. The molecule has 4 heteroatoms. The third kappa shape index (κ3) is 4.41. The minimum Gasteiger partial charge on any atom is -0.351 e. The van der Waals surface area contributed by atoms with Crippen molar-refractivity contribution in [3.8, 4) is 0 Å². The third-order valence-corrected chi connectivity index (χ3v) is 3.26. The Hall–Kier alpha value is -0.900. The molecule has 0 aromatic heterocycles. The monoisotopic (exact) mass is 315 g/mol. The quantitative estimate of drug-likeness (QED) is 0.825. The first kappa shape index (κ1) is 15.2. The summed E-state index contributed by atoms with van der Waals surface area (Å²) in [5.74, 6) is -0.824. The number of nitrogens with one attached hydrogen (secondary N) is 1. The average molecular weight is 316 g/mol. The van der Waals surface area contributed by atoms with E-state index in [-0.39, 0.29) is 16.9 Å². The first-order valence-corrected chi connectivity index (χ1v) is 7.08. The molecule has 1 aromatic carbocycles. The first-order valence-electron chi connectivity index (χ1n) is 5.96. The summed E-state index contributed by atoms with van der Waals surface area (Å²) < 4.78 is 13.5. The lowest BCUT2D eigenvalue weighted by atomic mass is 9.90. The van der Waals surface area contributed by atoms with Crippen LogP contribution in [-0.4, -0.2) is 17.8 Å². The van der Waals surface area contributed by atoms with Crippen LogP contribution in [0.3, 0.4) is 0 Å². The summed E-state index contributed by atoms with van der Waals surface area (Å²) >= 11 is 3.39. The minimum absolute atomic E-state index is 0.000535. The second kappa shape index (κ2) is 6.32. The molecule has 1 N–H and O–H groups in total. The van der Waals surface area contributed by atoms with Crippen LogP contribution < -0.4 is 5.32 Å². The maximum atomic E-state index is 13.5. The van der Waals surface area contributed by atoms with Gasteiger partial charge in [-0.3, -0.25) is 4.79 Å². The van der Waals surface area contributed by atoms with Crippen molar-refractivity contribution in [2.45, 2.75) is 27.2 Å². The lowest BCUT2D eigenvalue weighted by Crippen LogP contribution is -2.34. The van der Waals surface area contributed by atoms with Crippen molar-refractivity contribution in [3.63, 3.8) is 0 Å². The topological polar surface area (TPSA) is 29.1 Å². The van der Waals surface area contributed by atoms with E-state index in [9.17, 15) is 9.18 Å². The third-order valence-electron chi connectivity index (χ3n) is 2.87. The van der Waals surface area contributed by atoms with Crippen molar-refractivity contribution in [2.75, 3.05) is 11.9 Å². The van der Waals surface area contributed by atoms with E-state index in [0.29, 0.717) is 6.54 Å². The summed E-state index contributed by atoms with van der Waals surface area (Å²) in [5, 5.41) is 3.68. The fourth-order valence-electron chi connectivity index (χ4n) is 1.57. The molecule has 0 saturated carbocycles. The fraction of sp³-hybridized carbons (Fsp3) is 0.500. The average Bonchev–Trinajstić information content (AvgIpc) is 2.29. The summed E-state index contributed by atoms with van der Waals surface area (Å²) in [7, 11) is 0. The Balaban J connectivity index is 2.69. The van der Waals surface area contributed by atoms with E-state index < -0.39 is 5.82 Å². The Bertz CT molecular complexity index is 432. The Morgan fingerprint density at radius 1 is 1.44 bits per heavy atom. The molecule has 0 aliphatic carbocycles. The number of halogens is 2. The highest BCUT2D eigenvalue weighted by atomic mass is 79.9. The number of carbonyl (C=O) groups is 1. The molecular formula is C14H19BrFNO. The van der Waals surface area contributed by atoms with Crippen LogP contribution in [0.25, 0.3) is 0 Å². The number of carbonyl (C=O) groups excluding carboxylic acids is 1. The van der Waals surface area contributed by atoms with Crippen LogP contribution in [0, 0.1) is 18.2 Å². The molecule has 1 amide bonds. The number of rotatable bonds is 5. The lowest BCUT2D eigenvalue weighted by molar-refractivity contribution is 0.0932. The van der Waals surface area contributed by atoms with Crippen molar-refractivity contribution in [2.24, 2.45) is 5.41 Å². The molecule has 0 saturated heterocycles. The van der Waals surface area contributed by atoms with Gasteiger partial charge in [-0.15, -0.1) is 0 Å². The smallest absolute Gasteiger partial charge is 0.254 e.